The van der Waals surface area contributed by atoms with E-state index < -0.39 is 0 Å². The van der Waals surface area contributed by atoms with Gasteiger partial charge in [0.2, 0.25) is 0 Å². The second-order valence-corrected chi connectivity index (χ2v) is 4.85. The summed E-state index contributed by atoms with van der Waals surface area (Å²) in [5, 5.41) is 1.03. The molecular weight excluding hydrogens is 269 g/mol. The topological polar surface area (TPSA) is 64.9 Å². The number of hydrogen-bond donors (Lipinski definition) is 2. The zero-order valence-corrected chi connectivity index (χ0v) is 11.1. The van der Waals surface area contributed by atoms with Gasteiger partial charge in [-0.3, -0.25) is 0 Å². The van der Waals surface area contributed by atoms with Gasteiger partial charge in [-0.2, -0.15) is 0 Å². The van der Waals surface area contributed by atoms with Crippen LogP contribution < -0.4 is 11.5 Å². The zero-order valence-electron chi connectivity index (χ0n) is 9.61. The Morgan fingerprint density at radius 1 is 1.17 bits per heavy atom. The Kier molecular flexibility index (Phi) is 4.07. The van der Waals surface area contributed by atoms with Gasteiger partial charge in [-0.25, -0.2) is 4.98 Å². The Balaban J connectivity index is 2.19. The van der Waals surface area contributed by atoms with Crippen molar-refractivity contribution in [1.29, 1.82) is 0 Å². The number of anilines is 1. The van der Waals surface area contributed by atoms with E-state index in [1.807, 2.05) is 18.2 Å². The summed E-state index contributed by atoms with van der Waals surface area (Å²) in [6, 6.07) is 8.96. The Morgan fingerprint density at radius 2 is 1.94 bits per heavy atom. The minimum atomic E-state index is -0.189. The molecule has 0 aliphatic carbocycles. The maximum Gasteiger partial charge on any atom is 0.126 e. The van der Waals surface area contributed by atoms with Crippen molar-refractivity contribution < 1.29 is 0 Å². The molecule has 2 rings (SSSR count). The molecule has 4 N–H and O–H groups in total. The molecule has 1 atom stereocenters. The molecule has 5 heteroatoms. The first-order chi connectivity index (χ1) is 8.58. The second-order valence-electron chi connectivity index (χ2n) is 4.03. The molecular formula is C13H13Cl2N3. The van der Waals surface area contributed by atoms with Gasteiger partial charge in [0.15, 0.2) is 0 Å². The molecule has 2 aromatic rings. The van der Waals surface area contributed by atoms with Crippen LogP contribution in [0.4, 0.5) is 5.82 Å². The molecule has 94 valence electrons. The average molecular weight is 282 g/mol. The number of aromatic nitrogens is 1. The second kappa shape index (κ2) is 5.57. The van der Waals surface area contributed by atoms with Crippen LogP contribution in [0.15, 0.2) is 36.5 Å². The number of hydrogen-bond acceptors (Lipinski definition) is 3. The van der Waals surface area contributed by atoms with Crippen molar-refractivity contribution >= 4 is 29.0 Å². The van der Waals surface area contributed by atoms with Crippen molar-refractivity contribution in [3.63, 3.8) is 0 Å². The molecule has 0 saturated carbocycles. The predicted molar refractivity (Wildman–Crippen MR) is 75.7 cm³/mol. The third-order valence-corrected chi connectivity index (χ3v) is 3.48. The number of rotatable bonds is 3. The first-order valence-electron chi connectivity index (χ1n) is 5.48. The molecule has 0 aliphatic rings. The molecule has 18 heavy (non-hydrogen) atoms. The van der Waals surface area contributed by atoms with Crippen molar-refractivity contribution in [3.05, 3.63) is 57.7 Å². The van der Waals surface area contributed by atoms with Gasteiger partial charge in [-0.05, 0) is 35.7 Å². The minimum Gasteiger partial charge on any atom is -0.383 e. The lowest BCUT2D eigenvalue weighted by molar-refractivity contribution is 0.721. The van der Waals surface area contributed by atoms with E-state index in [1.54, 1.807) is 18.3 Å². The van der Waals surface area contributed by atoms with Crippen LogP contribution in [0.2, 0.25) is 10.0 Å². The highest BCUT2D eigenvalue weighted by Gasteiger charge is 2.11. The third kappa shape index (κ3) is 2.93. The molecule has 1 heterocycles. The normalized spacial score (nSPS) is 12.4. The summed E-state index contributed by atoms with van der Waals surface area (Å²) in [5.41, 5.74) is 13.8. The fraction of sp³-hybridized carbons (Fsp3) is 0.154. The smallest absolute Gasteiger partial charge is 0.126 e. The van der Waals surface area contributed by atoms with Gasteiger partial charge in [0.1, 0.15) is 5.82 Å². The largest absolute Gasteiger partial charge is 0.383 e. The number of pyridine rings is 1. The standard InChI is InChI=1S/C13H13Cl2N3/c14-10-4-3-8(6-11(10)15)12(16)7-9-2-1-5-18-13(9)17/h1-6,12H,7,16H2,(H2,17,18). The van der Waals surface area contributed by atoms with Crippen LogP contribution in [-0.4, -0.2) is 4.98 Å². The van der Waals surface area contributed by atoms with Gasteiger partial charge in [0, 0.05) is 12.2 Å². The van der Waals surface area contributed by atoms with Crippen LogP contribution in [0.5, 0.6) is 0 Å². The van der Waals surface area contributed by atoms with Crippen LogP contribution in [0.25, 0.3) is 0 Å². The minimum absolute atomic E-state index is 0.189. The van der Waals surface area contributed by atoms with E-state index in [9.17, 15) is 0 Å². The number of nitrogens with two attached hydrogens (primary N) is 2. The van der Waals surface area contributed by atoms with Crippen molar-refractivity contribution in [2.75, 3.05) is 5.73 Å². The molecule has 0 saturated heterocycles. The fourth-order valence-corrected chi connectivity index (χ4v) is 2.03. The number of nitrogen functional groups attached to an aromatic ring is 1. The predicted octanol–water partition coefficient (Wildman–Crippen LogP) is 3.21. The van der Waals surface area contributed by atoms with Crippen LogP contribution in [0.1, 0.15) is 17.2 Å². The third-order valence-electron chi connectivity index (χ3n) is 2.74. The quantitative estimate of drug-likeness (QED) is 0.908. The summed E-state index contributed by atoms with van der Waals surface area (Å²) in [5.74, 6) is 0.507. The molecule has 0 spiro atoms. The number of nitrogens with zero attached hydrogens (tertiary/aromatic N) is 1. The summed E-state index contributed by atoms with van der Waals surface area (Å²) in [4.78, 5) is 4.03. The van der Waals surface area contributed by atoms with Gasteiger partial charge >= 0.3 is 0 Å². The van der Waals surface area contributed by atoms with Crippen molar-refractivity contribution in [1.82, 2.24) is 4.98 Å². The Morgan fingerprint density at radius 3 is 2.61 bits per heavy atom. The molecule has 1 aromatic carbocycles. The molecule has 1 aromatic heterocycles. The maximum absolute atomic E-state index is 6.13. The van der Waals surface area contributed by atoms with E-state index in [4.69, 9.17) is 34.7 Å². The molecule has 1 unspecified atom stereocenters. The Labute approximate surface area is 116 Å². The first-order valence-corrected chi connectivity index (χ1v) is 6.23. The van der Waals surface area contributed by atoms with Gasteiger partial charge in [-0.1, -0.05) is 35.3 Å². The molecule has 0 aliphatic heterocycles. The van der Waals surface area contributed by atoms with E-state index in [-0.39, 0.29) is 6.04 Å². The fourth-order valence-electron chi connectivity index (χ4n) is 1.72. The molecule has 0 fully saturated rings. The van der Waals surface area contributed by atoms with E-state index >= 15 is 0 Å². The lowest BCUT2D eigenvalue weighted by Gasteiger charge is -2.13. The van der Waals surface area contributed by atoms with E-state index in [2.05, 4.69) is 4.98 Å². The highest BCUT2D eigenvalue weighted by atomic mass is 35.5. The van der Waals surface area contributed by atoms with Crippen LogP contribution >= 0.6 is 23.2 Å². The summed E-state index contributed by atoms with van der Waals surface area (Å²) in [6.07, 6.45) is 2.27. The van der Waals surface area contributed by atoms with Gasteiger partial charge in [0.25, 0.3) is 0 Å². The first kappa shape index (κ1) is 13.1. The summed E-state index contributed by atoms with van der Waals surface area (Å²) < 4.78 is 0. The summed E-state index contributed by atoms with van der Waals surface area (Å²) >= 11 is 11.8. The van der Waals surface area contributed by atoms with Crippen molar-refractivity contribution in [3.8, 4) is 0 Å². The molecule has 0 radical (unpaired) electrons. The monoisotopic (exact) mass is 281 g/mol. The summed E-state index contributed by atoms with van der Waals surface area (Å²) in [7, 11) is 0. The van der Waals surface area contributed by atoms with E-state index in [0.29, 0.717) is 22.3 Å². The van der Waals surface area contributed by atoms with E-state index in [0.717, 1.165) is 11.1 Å². The lowest BCUT2D eigenvalue weighted by Crippen LogP contribution is -2.14. The molecule has 0 bridgehead atoms. The molecule has 0 amide bonds. The van der Waals surface area contributed by atoms with Gasteiger partial charge in [-0.15, -0.1) is 0 Å². The Bertz CT molecular complexity index is 558. The van der Waals surface area contributed by atoms with Crippen molar-refractivity contribution in [2.24, 2.45) is 5.73 Å². The van der Waals surface area contributed by atoms with Gasteiger partial charge < -0.3 is 11.5 Å². The SMILES string of the molecule is Nc1ncccc1CC(N)c1ccc(Cl)c(Cl)c1. The lowest BCUT2D eigenvalue weighted by atomic mass is 10.0. The highest BCUT2D eigenvalue weighted by molar-refractivity contribution is 6.42. The zero-order chi connectivity index (χ0) is 13.1. The van der Waals surface area contributed by atoms with E-state index in [1.165, 1.54) is 0 Å². The van der Waals surface area contributed by atoms with Crippen molar-refractivity contribution in [2.45, 2.75) is 12.5 Å². The highest BCUT2D eigenvalue weighted by Crippen LogP contribution is 2.26. The van der Waals surface area contributed by atoms with Crippen LogP contribution in [-0.2, 0) is 6.42 Å². The van der Waals surface area contributed by atoms with Gasteiger partial charge in [0.05, 0.1) is 10.0 Å². The average Bonchev–Trinajstić information content (AvgIpc) is 2.35. The maximum atomic E-state index is 6.13. The molecule has 3 nitrogen and oxygen atoms in total. The number of halogens is 2. The van der Waals surface area contributed by atoms with Crippen LogP contribution in [0.3, 0.4) is 0 Å². The Hall–Kier alpha value is -1.29. The number of benzene rings is 1. The summed E-state index contributed by atoms with van der Waals surface area (Å²) in [6.45, 7) is 0. The van der Waals surface area contributed by atoms with Crippen LogP contribution in [0, 0.1) is 0 Å².